The maximum Gasteiger partial charge on any atom is 0.189 e. The SMILES string of the molecule is CSc1nc(SCCCc2ccccc2)c2sc3nc(-c4ccco4)c4c(c3c2n1)CC(C)(C)OC4. The second-order valence-electron chi connectivity index (χ2n) is 9.53. The highest BCUT2D eigenvalue weighted by molar-refractivity contribution is 7.99. The zero-order chi connectivity index (χ0) is 24.7. The highest BCUT2D eigenvalue weighted by Crippen LogP contribution is 2.45. The van der Waals surface area contributed by atoms with Crippen LogP contribution in [0.15, 0.2) is 63.3 Å². The van der Waals surface area contributed by atoms with E-state index >= 15 is 0 Å². The number of aromatic nitrogens is 3. The zero-order valence-electron chi connectivity index (χ0n) is 20.5. The van der Waals surface area contributed by atoms with Gasteiger partial charge < -0.3 is 9.15 Å². The van der Waals surface area contributed by atoms with Crippen molar-refractivity contribution in [3.05, 3.63) is 65.4 Å². The molecule has 1 aromatic carbocycles. The molecule has 8 heteroatoms. The number of nitrogens with zero attached hydrogens (tertiary/aromatic N) is 3. The van der Waals surface area contributed by atoms with E-state index in [-0.39, 0.29) is 5.60 Å². The van der Waals surface area contributed by atoms with Crippen LogP contribution in [0.5, 0.6) is 0 Å². The van der Waals surface area contributed by atoms with Gasteiger partial charge in [0.2, 0.25) is 0 Å². The van der Waals surface area contributed by atoms with Crippen molar-refractivity contribution in [1.82, 2.24) is 15.0 Å². The van der Waals surface area contributed by atoms with Crippen LogP contribution < -0.4 is 0 Å². The Morgan fingerprint density at radius 1 is 1.03 bits per heavy atom. The van der Waals surface area contributed by atoms with Gasteiger partial charge >= 0.3 is 0 Å². The number of thiophene rings is 1. The summed E-state index contributed by atoms with van der Waals surface area (Å²) >= 11 is 5.12. The van der Waals surface area contributed by atoms with E-state index in [0.29, 0.717) is 6.61 Å². The van der Waals surface area contributed by atoms with Gasteiger partial charge in [-0.25, -0.2) is 15.0 Å². The Morgan fingerprint density at radius 3 is 2.67 bits per heavy atom. The first-order valence-electron chi connectivity index (χ1n) is 12.1. The van der Waals surface area contributed by atoms with E-state index < -0.39 is 0 Å². The molecule has 0 unspecified atom stereocenters. The van der Waals surface area contributed by atoms with Crippen molar-refractivity contribution >= 4 is 55.3 Å². The molecule has 1 aliphatic heterocycles. The molecule has 0 N–H and O–H groups in total. The van der Waals surface area contributed by atoms with E-state index in [0.717, 1.165) is 72.6 Å². The van der Waals surface area contributed by atoms with Crippen LogP contribution >= 0.6 is 34.9 Å². The first kappa shape index (κ1) is 24.0. The lowest BCUT2D eigenvalue weighted by Gasteiger charge is -2.32. The van der Waals surface area contributed by atoms with E-state index in [1.807, 2.05) is 30.2 Å². The lowest BCUT2D eigenvalue weighted by atomic mass is 9.89. The van der Waals surface area contributed by atoms with Crippen LogP contribution in [0.25, 0.3) is 31.9 Å². The second-order valence-corrected chi connectivity index (χ2v) is 12.4. The maximum atomic E-state index is 6.22. The van der Waals surface area contributed by atoms with Gasteiger partial charge in [-0.1, -0.05) is 42.1 Å². The maximum absolute atomic E-state index is 6.22. The number of fused-ring (bicyclic) bond motifs is 5. The number of thioether (sulfide) groups is 2. The van der Waals surface area contributed by atoms with E-state index in [4.69, 9.17) is 24.1 Å². The molecule has 5 nitrogen and oxygen atoms in total. The Balaban J connectivity index is 1.45. The third-order valence-corrected chi connectivity index (χ3v) is 9.29. The van der Waals surface area contributed by atoms with E-state index in [1.54, 1.807) is 29.4 Å². The van der Waals surface area contributed by atoms with Crippen molar-refractivity contribution in [1.29, 1.82) is 0 Å². The molecule has 5 aromatic rings. The summed E-state index contributed by atoms with van der Waals surface area (Å²) in [5.41, 5.74) is 5.41. The summed E-state index contributed by atoms with van der Waals surface area (Å²) in [7, 11) is 0. The normalized spacial score (nSPS) is 15.0. The molecule has 0 atom stereocenters. The van der Waals surface area contributed by atoms with Gasteiger partial charge in [-0.3, -0.25) is 0 Å². The number of pyridine rings is 1. The van der Waals surface area contributed by atoms with Crippen LogP contribution in [0, 0.1) is 0 Å². The van der Waals surface area contributed by atoms with Gasteiger partial charge in [0.1, 0.15) is 15.6 Å². The van der Waals surface area contributed by atoms with Crippen molar-refractivity contribution < 1.29 is 9.15 Å². The lowest BCUT2D eigenvalue weighted by molar-refractivity contribution is -0.0395. The summed E-state index contributed by atoms with van der Waals surface area (Å²) in [6, 6.07) is 14.6. The van der Waals surface area contributed by atoms with Crippen molar-refractivity contribution in [2.24, 2.45) is 0 Å². The molecule has 4 aromatic heterocycles. The Kier molecular flexibility index (Phi) is 6.54. The van der Waals surface area contributed by atoms with E-state index in [2.05, 4.69) is 44.2 Å². The number of benzene rings is 1. The van der Waals surface area contributed by atoms with E-state index in [9.17, 15) is 0 Å². The highest BCUT2D eigenvalue weighted by Gasteiger charge is 2.32. The third-order valence-electron chi connectivity index (χ3n) is 6.47. The van der Waals surface area contributed by atoms with Crippen LogP contribution in [0.4, 0.5) is 0 Å². The summed E-state index contributed by atoms with van der Waals surface area (Å²) in [4.78, 5) is 16.0. The fourth-order valence-electron chi connectivity index (χ4n) is 4.73. The number of aryl methyl sites for hydroxylation is 1. The number of ether oxygens (including phenoxy) is 1. The van der Waals surface area contributed by atoms with Crippen molar-refractivity contribution in [2.45, 2.75) is 55.5 Å². The molecule has 1 aliphatic rings. The summed E-state index contributed by atoms with van der Waals surface area (Å²) < 4.78 is 13.1. The molecule has 0 fully saturated rings. The van der Waals surface area contributed by atoms with Gasteiger partial charge in [-0.15, -0.1) is 23.1 Å². The smallest absolute Gasteiger partial charge is 0.189 e. The van der Waals surface area contributed by atoms with Crippen LogP contribution in [0.2, 0.25) is 0 Å². The second kappa shape index (κ2) is 9.82. The quantitative estimate of drug-likeness (QED) is 0.0915. The number of hydrogen-bond donors (Lipinski definition) is 0. The monoisotopic (exact) mass is 533 g/mol. The first-order chi connectivity index (χ1) is 17.5. The van der Waals surface area contributed by atoms with Gasteiger partial charge in [-0.05, 0) is 62.0 Å². The van der Waals surface area contributed by atoms with Crippen LogP contribution in [0.1, 0.15) is 37.0 Å². The Bertz CT molecular complexity index is 1530. The number of furan rings is 1. The summed E-state index contributed by atoms with van der Waals surface area (Å²) in [6.45, 7) is 4.82. The highest BCUT2D eigenvalue weighted by atomic mass is 32.2. The Morgan fingerprint density at radius 2 is 1.89 bits per heavy atom. The van der Waals surface area contributed by atoms with Crippen molar-refractivity contribution in [2.75, 3.05) is 12.0 Å². The predicted octanol–water partition coefficient (Wildman–Crippen LogP) is 7.80. The molecule has 0 amide bonds. The Hall–Kier alpha value is -2.39. The van der Waals surface area contributed by atoms with Gasteiger partial charge in [-0.2, -0.15) is 0 Å². The molecular weight excluding hydrogens is 507 g/mol. The van der Waals surface area contributed by atoms with Gasteiger partial charge in [0.15, 0.2) is 10.9 Å². The largest absolute Gasteiger partial charge is 0.463 e. The van der Waals surface area contributed by atoms with Gasteiger partial charge in [0, 0.05) is 17.4 Å². The molecule has 0 aliphatic carbocycles. The molecule has 0 bridgehead atoms. The molecule has 0 saturated heterocycles. The fourth-order valence-corrected chi connectivity index (χ4v) is 7.34. The van der Waals surface area contributed by atoms with Crippen LogP contribution in [-0.4, -0.2) is 32.6 Å². The number of hydrogen-bond acceptors (Lipinski definition) is 8. The molecule has 5 heterocycles. The average molecular weight is 534 g/mol. The van der Waals surface area contributed by atoms with Crippen LogP contribution in [0.3, 0.4) is 0 Å². The standard InChI is InChI=1S/C28H27N3O2S3/c1-28(2)15-18-19(16-33-28)22(20-12-7-13-32-20)29-25-21(18)23-24(36-25)26(31-27(30-23)34-3)35-14-8-11-17-9-5-4-6-10-17/h4-7,9-10,12-13H,8,11,14-16H2,1-3H3. The summed E-state index contributed by atoms with van der Waals surface area (Å²) in [6.07, 6.45) is 6.72. The minimum Gasteiger partial charge on any atom is -0.463 e. The molecular formula is C28H27N3O2S3. The van der Waals surface area contributed by atoms with Crippen molar-refractivity contribution in [3.63, 3.8) is 0 Å². The molecule has 0 radical (unpaired) electrons. The Labute approximate surface area is 223 Å². The van der Waals surface area contributed by atoms with Gasteiger partial charge in [0.25, 0.3) is 0 Å². The molecule has 0 saturated carbocycles. The number of rotatable bonds is 7. The topological polar surface area (TPSA) is 61.0 Å². The fraction of sp³-hybridized carbons (Fsp3) is 0.321. The minimum absolute atomic E-state index is 0.250. The van der Waals surface area contributed by atoms with Crippen LogP contribution in [-0.2, 0) is 24.2 Å². The van der Waals surface area contributed by atoms with Gasteiger partial charge in [0.05, 0.1) is 28.7 Å². The molecule has 184 valence electrons. The summed E-state index contributed by atoms with van der Waals surface area (Å²) in [5.74, 6) is 1.79. The predicted molar refractivity (Wildman–Crippen MR) is 150 cm³/mol. The summed E-state index contributed by atoms with van der Waals surface area (Å²) in [5, 5.41) is 3.02. The third kappa shape index (κ3) is 4.56. The zero-order valence-corrected chi connectivity index (χ0v) is 23.0. The van der Waals surface area contributed by atoms with E-state index in [1.165, 1.54) is 11.1 Å². The molecule has 6 rings (SSSR count). The average Bonchev–Trinajstić information content (AvgIpc) is 3.54. The molecule has 0 spiro atoms. The lowest BCUT2D eigenvalue weighted by Crippen LogP contribution is -2.32. The van der Waals surface area contributed by atoms with Crippen molar-refractivity contribution in [3.8, 4) is 11.5 Å². The first-order valence-corrected chi connectivity index (χ1v) is 15.1. The minimum atomic E-state index is -0.250. The molecule has 36 heavy (non-hydrogen) atoms.